The van der Waals surface area contributed by atoms with Gasteiger partial charge in [0, 0.05) is 24.1 Å². The number of nitrogens with zero attached hydrogens (tertiary/aromatic N) is 2. The fourth-order valence-corrected chi connectivity index (χ4v) is 3.26. The molecule has 0 unspecified atom stereocenters. The number of halogens is 3. The summed E-state index contributed by atoms with van der Waals surface area (Å²) in [6.07, 6.45) is -4.60. The summed E-state index contributed by atoms with van der Waals surface area (Å²) < 4.78 is 38.2. The van der Waals surface area contributed by atoms with Gasteiger partial charge in [-0.05, 0) is 25.1 Å². The number of amides is 2. The van der Waals surface area contributed by atoms with Gasteiger partial charge in [-0.1, -0.05) is 47.2 Å². The van der Waals surface area contributed by atoms with Gasteiger partial charge in [-0.2, -0.15) is 13.2 Å². The quantitative estimate of drug-likeness (QED) is 0.606. The van der Waals surface area contributed by atoms with E-state index in [1.165, 1.54) is 17.4 Å². The molecule has 156 valence electrons. The summed E-state index contributed by atoms with van der Waals surface area (Å²) in [4.78, 5) is 24.1. The Hall–Kier alpha value is -3.27. The number of hydrogen-bond donors (Lipinski definition) is 2. The van der Waals surface area contributed by atoms with Crippen molar-refractivity contribution >= 4 is 28.3 Å². The summed E-state index contributed by atoms with van der Waals surface area (Å²) >= 11 is 1.21. The number of benzene rings is 2. The highest BCUT2D eigenvalue weighted by molar-refractivity contribution is 7.18. The Morgan fingerprint density at radius 1 is 1.07 bits per heavy atom. The highest BCUT2D eigenvalue weighted by Crippen LogP contribution is 2.29. The molecule has 30 heavy (non-hydrogen) atoms. The van der Waals surface area contributed by atoms with Crippen LogP contribution in [0.5, 0.6) is 0 Å². The van der Waals surface area contributed by atoms with Crippen molar-refractivity contribution in [1.82, 2.24) is 15.5 Å². The third kappa shape index (κ3) is 5.63. The van der Waals surface area contributed by atoms with Crippen molar-refractivity contribution in [3.05, 3.63) is 65.2 Å². The third-order valence-corrected chi connectivity index (χ3v) is 4.95. The zero-order valence-electron chi connectivity index (χ0n) is 15.8. The lowest BCUT2D eigenvalue weighted by atomic mass is 10.1. The van der Waals surface area contributed by atoms with Crippen molar-refractivity contribution < 1.29 is 22.8 Å². The first-order valence-electron chi connectivity index (χ1n) is 8.88. The Kier molecular flexibility index (Phi) is 6.46. The van der Waals surface area contributed by atoms with Crippen LogP contribution in [0.3, 0.4) is 0 Å². The second kappa shape index (κ2) is 9.04. The molecule has 10 heteroatoms. The average molecular weight is 434 g/mol. The lowest BCUT2D eigenvalue weighted by Gasteiger charge is -2.09. The van der Waals surface area contributed by atoms with E-state index in [1.807, 2.05) is 31.2 Å². The molecular weight excluding hydrogens is 417 g/mol. The molecule has 1 heterocycles. The van der Waals surface area contributed by atoms with Gasteiger partial charge in [-0.25, -0.2) is 0 Å². The van der Waals surface area contributed by atoms with Gasteiger partial charge >= 0.3 is 6.18 Å². The second-order valence-electron chi connectivity index (χ2n) is 6.41. The number of aromatic nitrogens is 2. The van der Waals surface area contributed by atoms with Crippen LogP contribution in [0.25, 0.3) is 10.6 Å². The maximum absolute atomic E-state index is 12.7. The largest absolute Gasteiger partial charge is 0.416 e. The van der Waals surface area contributed by atoms with Crippen molar-refractivity contribution in [1.29, 1.82) is 0 Å². The van der Waals surface area contributed by atoms with Crippen LogP contribution in [-0.2, 0) is 11.0 Å². The van der Waals surface area contributed by atoms with Crippen molar-refractivity contribution in [2.45, 2.75) is 19.5 Å². The minimum Gasteiger partial charge on any atom is -0.352 e. The van der Waals surface area contributed by atoms with Crippen LogP contribution in [0.4, 0.5) is 18.3 Å². The third-order valence-electron chi connectivity index (χ3n) is 4.06. The van der Waals surface area contributed by atoms with E-state index >= 15 is 0 Å². The molecule has 3 rings (SSSR count). The first-order valence-corrected chi connectivity index (χ1v) is 9.70. The molecule has 0 saturated carbocycles. The molecular formula is C20H17F3N4O2S. The van der Waals surface area contributed by atoms with Crippen LogP contribution >= 0.6 is 11.3 Å². The van der Waals surface area contributed by atoms with Crippen LogP contribution in [0.2, 0.25) is 0 Å². The van der Waals surface area contributed by atoms with Gasteiger partial charge in [0.05, 0.1) is 5.56 Å². The van der Waals surface area contributed by atoms with Gasteiger partial charge < -0.3 is 10.6 Å². The van der Waals surface area contributed by atoms with Crippen LogP contribution < -0.4 is 10.6 Å². The van der Waals surface area contributed by atoms with Crippen molar-refractivity contribution in [2.24, 2.45) is 0 Å². The summed E-state index contributed by atoms with van der Waals surface area (Å²) in [5.41, 5.74) is 0.960. The Labute approximate surface area is 174 Å². The van der Waals surface area contributed by atoms with Gasteiger partial charge in [0.15, 0.2) is 0 Å². The van der Waals surface area contributed by atoms with E-state index in [0.29, 0.717) is 10.1 Å². The number of carbonyl (C=O) groups excluding carboxylic acids is 2. The number of aryl methyl sites for hydroxylation is 1. The second-order valence-corrected chi connectivity index (χ2v) is 7.39. The molecule has 2 N–H and O–H groups in total. The molecule has 0 spiro atoms. The number of rotatable bonds is 6. The Balaban J connectivity index is 1.49. The average Bonchev–Trinajstić information content (AvgIpc) is 3.16. The monoisotopic (exact) mass is 434 g/mol. The minimum absolute atomic E-state index is 0.0372. The maximum Gasteiger partial charge on any atom is 0.416 e. The normalized spacial score (nSPS) is 11.2. The Bertz CT molecular complexity index is 1050. The van der Waals surface area contributed by atoms with Crippen LogP contribution in [0.15, 0.2) is 48.5 Å². The summed E-state index contributed by atoms with van der Waals surface area (Å²) in [5.74, 6) is -1.09. The number of carbonyl (C=O) groups is 2. The molecule has 0 fully saturated rings. The summed E-state index contributed by atoms with van der Waals surface area (Å²) in [6, 6.07) is 11.8. The highest BCUT2D eigenvalue weighted by atomic mass is 32.1. The van der Waals surface area contributed by atoms with Crippen LogP contribution in [0, 0.1) is 6.92 Å². The van der Waals surface area contributed by atoms with Gasteiger partial charge in [-0.15, -0.1) is 10.2 Å². The minimum atomic E-state index is -4.53. The van der Waals surface area contributed by atoms with E-state index in [4.69, 9.17) is 0 Å². The predicted molar refractivity (Wildman–Crippen MR) is 107 cm³/mol. The molecule has 1 aromatic heterocycles. The molecule has 0 radical (unpaired) electrons. The molecule has 6 nitrogen and oxygen atoms in total. The molecule has 0 aliphatic rings. The van der Waals surface area contributed by atoms with E-state index in [2.05, 4.69) is 20.8 Å². The Morgan fingerprint density at radius 3 is 2.50 bits per heavy atom. The van der Waals surface area contributed by atoms with E-state index in [1.54, 1.807) is 0 Å². The van der Waals surface area contributed by atoms with E-state index in [9.17, 15) is 22.8 Å². The molecule has 0 atom stereocenters. The van der Waals surface area contributed by atoms with E-state index in [0.717, 1.165) is 29.3 Å². The lowest BCUT2D eigenvalue weighted by molar-refractivity contribution is -0.137. The van der Waals surface area contributed by atoms with Gasteiger partial charge in [0.1, 0.15) is 5.01 Å². The fourth-order valence-electron chi connectivity index (χ4n) is 2.50. The Morgan fingerprint density at radius 2 is 1.80 bits per heavy atom. The van der Waals surface area contributed by atoms with Gasteiger partial charge in [-0.3, -0.25) is 9.59 Å². The van der Waals surface area contributed by atoms with Crippen LogP contribution in [-0.4, -0.2) is 28.6 Å². The van der Waals surface area contributed by atoms with Crippen molar-refractivity contribution in [3.63, 3.8) is 0 Å². The standard InChI is InChI=1S/C20H17F3N4O2S/c1-12-5-7-13(8-6-12)18-26-27-19(30-18)25-16(28)9-10-24-17(29)14-3-2-4-15(11-14)20(21,22)23/h2-8,11H,9-10H2,1H3,(H,24,29)(H,25,27,28). The summed E-state index contributed by atoms with van der Waals surface area (Å²) in [7, 11) is 0. The molecule has 3 aromatic rings. The first kappa shape index (κ1) is 21.4. The number of anilines is 1. The lowest BCUT2D eigenvalue weighted by Crippen LogP contribution is -2.27. The van der Waals surface area contributed by atoms with Crippen molar-refractivity contribution in [3.8, 4) is 10.6 Å². The topological polar surface area (TPSA) is 84.0 Å². The molecule has 2 aromatic carbocycles. The molecule has 0 bridgehead atoms. The van der Waals surface area contributed by atoms with E-state index in [-0.39, 0.29) is 18.5 Å². The highest BCUT2D eigenvalue weighted by Gasteiger charge is 2.30. The molecule has 0 saturated heterocycles. The number of hydrogen-bond acceptors (Lipinski definition) is 5. The molecule has 0 aliphatic carbocycles. The smallest absolute Gasteiger partial charge is 0.352 e. The van der Waals surface area contributed by atoms with Crippen molar-refractivity contribution in [2.75, 3.05) is 11.9 Å². The van der Waals surface area contributed by atoms with E-state index < -0.39 is 23.6 Å². The van der Waals surface area contributed by atoms with Crippen LogP contribution in [0.1, 0.15) is 27.9 Å². The zero-order valence-corrected chi connectivity index (χ0v) is 16.6. The first-order chi connectivity index (χ1) is 14.2. The summed E-state index contributed by atoms with van der Waals surface area (Å²) in [5, 5.41) is 14.0. The molecule has 2 amide bonds. The SMILES string of the molecule is Cc1ccc(-c2nnc(NC(=O)CCNC(=O)c3cccc(C(F)(F)F)c3)s2)cc1. The predicted octanol–water partition coefficient (Wildman–Crippen LogP) is 4.29. The maximum atomic E-state index is 12.7. The number of alkyl halides is 3. The zero-order chi connectivity index (χ0) is 21.7. The summed E-state index contributed by atoms with van der Waals surface area (Å²) in [6.45, 7) is 1.94. The van der Waals surface area contributed by atoms with Gasteiger partial charge in [0.25, 0.3) is 5.91 Å². The van der Waals surface area contributed by atoms with Gasteiger partial charge in [0.2, 0.25) is 11.0 Å². The fraction of sp³-hybridized carbons (Fsp3) is 0.200. The number of nitrogens with one attached hydrogen (secondary N) is 2. The molecule has 0 aliphatic heterocycles.